The standard InChI is InChI=1S/C32H36N2O4/c35-30-22-33-28-21-31(26-17-16-25(20-27(26)28)38-24-13-7-4-8-14-24)37-18-10-2-1-9-15-32(36)34-29(30)19-23-11-5-3-6-12-23/h2-8,10-14,16-17,20,28-31,33,35H,1,9,15,18-19,21-22H2,(H,34,36)/b10-2+/t28?,29-,30+,31?/m0/s1. The lowest BCUT2D eigenvalue weighted by Crippen LogP contribution is -2.49. The van der Waals surface area contributed by atoms with Crippen molar-refractivity contribution in [1.29, 1.82) is 0 Å². The lowest BCUT2D eigenvalue weighted by atomic mass is 10.00. The van der Waals surface area contributed by atoms with Gasteiger partial charge in [-0.25, -0.2) is 0 Å². The normalized spacial score (nSPS) is 25.2. The summed E-state index contributed by atoms with van der Waals surface area (Å²) in [6, 6.07) is 25.5. The first kappa shape index (κ1) is 26.2. The van der Waals surface area contributed by atoms with E-state index < -0.39 is 6.10 Å². The summed E-state index contributed by atoms with van der Waals surface area (Å²) >= 11 is 0. The van der Waals surface area contributed by atoms with Gasteiger partial charge >= 0.3 is 0 Å². The van der Waals surface area contributed by atoms with Gasteiger partial charge in [0.2, 0.25) is 5.91 Å². The van der Waals surface area contributed by atoms with Gasteiger partial charge in [-0.05, 0) is 66.6 Å². The minimum atomic E-state index is -0.751. The second-order valence-electron chi connectivity index (χ2n) is 10.0. The van der Waals surface area contributed by atoms with Crippen molar-refractivity contribution in [2.45, 2.75) is 56.4 Å². The highest BCUT2D eigenvalue weighted by molar-refractivity contribution is 5.76. The number of rotatable bonds is 4. The van der Waals surface area contributed by atoms with Crippen LogP contribution in [-0.4, -0.2) is 36.3 Å². The summed E-state index contributed by atoms with van der Waals surface area (Å²) in [6.45, 7) is 0.866. The molecule has 1 aliphatic heterocycles. The predicted molar refractivity (Wildman–Crippen MR) is 148 cm³/mol. The SMILES string of the molecule is O=C1CCC/C=C/COC2CC(NC[C@@H](O)[C@H](Cc3ccccc3)N1)c1cc(Oc3ccccc3)ccc12. The minimum Gasteiger partial charge on any atom is -0.457 e. The van der Waals surface area contributed by atoms with Gasteiger partial charge in [-0.2, -0.15) is 0 Å². The van der Waals surface area contributed by atoms with Crippen molar-refractivity contribution in [1.82, 2.24) is 10.6 Å². The predicted octanol–water partition coefficient (Wildman–Crippen LogP) is 5.40. The molecule has 3 aromatic carbocycles. The van der Waals surface area contributed by atoms with Crippen LogP contribution in [0.3, 0.4) is 0 Å². The number of hydrogen-bond acceptors (Lipinski definition) is 5. The smallest absolute Gasteiger partial charge is 0.220 e. The van der Waals surface area contributed by atoms with Gasteiger partial charge in [0.25, 0.3) is 0 Å². The molecule has 0 fully saturated rings. The van der Waals surface area contributed by atoms with E-state index in [2.05, 4.69) is 28.8 Å². The molecular weight excluding hydrogens is 476 g/mol. The fourth-order valence-corrected chi connectivity index (χ4v) is 5.23. The molecule has 3 aromatic rings. The Balaban J connectivity index is 1.36. The molecule has 2 aliphatic rings. The molecule has 1 heterocycles. The number of carbonyl (C=O) groups is 1. The summed E-state index contributed by atoms with van der Waals surface area (Å²) in [5.74, 6) is 1.52. The van der Waals surface area contributed by atoms with E-state index in [1.807, 2.05) is 72.8 Å². The third-order valence-electron chi connectivity index (χ3n) is 7.23. The topological polar surface area (TPSA) is 79.8 Å². The molecule has 198 valence electrons. The second-order valence-corrected chi connectivity index (χ2v) is 10.0. The van der Waals surface area contributed by atoms with Crippen LogP contribution >= 0.6 is 0 Å². The Labute approximate surface area is 224 Å². The number of amides is 1. The molecule has 1 aliphatic carbocycles. The molecule has 0 saturated heterocycles. The second kappa shape index (κ2) is 12.9. The van der Waals surface area contributed by atoms with Crippen molar-refractivity contribution in [2.75, 3.05) is 13.2 Å². The maximum atomic E-state index is 12.7. The summed E-state index contributed by atoms with van der Waals surface area (Å²) in [5.41, 5.74) is 3.34. The molecule has 38 heavy (non-hydrogen) atoms. The molecule has 0 radical (unpaired) electrons. The van der Waals surface area contributed by atoms with Crippen LogP contribution in [0.5, 0.6) is 11.5 Å². The molecule has 2 unspecified atom stereocenters. The number of nitrogens with one attached hydrogen (secondary N) is 2. The highest BCUT2D eigenvalue weighted by atomic mass is 16.5. The molecule has 0 saturated carbocycles. The summed E-state index contributed by atoms with van der Waals surface area (Å²) in [7, 11) is 0. The third kappa shape index (κ3) is 6.90. The van der Waals surface area contributed by atoms with E-state index in [9.17, 15) is 9.90 Å². The van der Waals surface area contributed by atoms with E-state index in [1.165, 1.54) is 0 Å². The zero-order chi connectivity index (χ0) is 26.2. The molecule has 0 aromatic heterocycles. The number of allylic oxidation sites excluding steroid dienone is 1. The Kier molecular flexibility index (Phi) is 8.86. The maximum absolute atomic E-state index is 12.7. The average Bonchev–Trinajstić information content (AvgIpc) is 3.28. The van der Waals surface area contributed by atoms with Crippen molar-refractivity contribution in [2.24, 2.45) is 0 Å². The summed E-state index contributed by atoms with van der Waals surface area (Å²) in [5, 5.41) is 17.9. The summed E-state index contributed by atoms with van der Waals surface area (Å²) in [6.07, 6.45) is 6.66. The molecule has 5 rings (SSSR count). The average molecular weight is 513 g/mol. The van der Waals surface area contributed by atoms with E-state index in [4.69, 9.17) is 9.47 Å². The summed E-state index contributed by atoms with van der Waals surface area (Å²) < 4.78 is 12.4. The number of hydrogen-bond donors (Lipinski definition) is 3. The number of aliphatic hydroxyl groups excluding tert-OH is 1. The van der Waals surface area contributed by atoms with E-state index >= 15 is 0 Å². The van der Waals surface area contributed by atoms with Gasteiger partial charge in [-0.1, -0.05) is 66.7 Å². The lowest BCUT2D eigenvalue weighted by Gasteiger charge is -2.26. The van der Waals surface area contributed by atoms with Crippen molar-refractivity contribution in [3.63, 3.8) is 0 Å². The zero-order valence-corrected chi connectivity index (χ0v) is 21.6. The lowest BCUT2D eigenvalue weighted by molar-refractivity contribution is -0.122. The molecule has 6 nitrogen and oxygen atoms in total. The zero-order valence-electron chi connectivity index (χ0n) is 21.6. The first-order valence-electron chi connectivity index (χ1n) is 13.5. The number of carbonyl (C=O) groups excluding carboxylic acids is 1. The number of benzene rings is 3. The van der Waals surface area contributed by atoms with Crippen LogP contribution in [0.25, 0.3) is 0 Å². The van der Waals surface area contributed by atoms with Crippen LogP contribution in [0.2, 0.25) is 0 Å². The first-order valence-corrected chi connectivity index (χ1v) is 13.5. The molecule has 0 spiro atoms. The van der Waals surface area contributed by atoms with Gasteiger partial charge in [0.05, 0.1) is 24.9 Å². The van der Waals surface area contributed by atoms with Crippen molar-refractivity contribution < 1.29 is 19.4 Å². The summed E-state index contributed by atoms with van der Waals surface area (Å²) in [4.78, 5) is 12.7. The van der Waals surface area contributed by atoms with Crippen LogP contribution in [0.1, 0.15) is 54.5 Å². The largest absolute Gasteiger partial charge is 0.457 e. The van der Waals surface area contributed by atoms with E-state index in [0.29, 0.717) is 26.0 Å². The Morgan fingerprint density at radius 3 is 2.53 bits per heavy atom. The van der Waals surface area contributed by atoms with Crippen LogP contribution in [0, 0.1) is 0 Å². The monoisotopic (exact) mass is 512 g/mol. The Morgan fingerprint density at radius 2 is 1.71 bits per heavy atom. The van der Waals surface area contributed by atoms with Crippen molar-refractivity contribution in [3.05, 3.63) is 108 Å². The minimum absolute atomic E-state index is 0.00562. The Bertz CT molecular complexity index is 1210. The first-order chi connectivity index (χ1) is 18.7. The van der Waals surface area contributed by atoms with Crippen LogP contribution < -0.4 is 15.4 Å². The van der Waals surface area contributed by atoms with Gasteiger partial charge in [-0.15, -0.1) is 0 Å². The molecule has 4 atom stereocenters. The van der Waals surface area contributed by atoms with Crippen molar-refractivity contribution in [3.8, 4) is 11.5 Å². The highest BCUT2D eigenvalue weighted by Gasteiger charge is 2.33. The highest BCUT2D eigenvalue weighted by Crippen LogP contribution is 2.43. The number of β-amino-alcohol motifs (C(OH)–C–C–N with tert-alkyl or cyclic N) is 1. The molecule has 2 bridgehead atoms. The van der Waals surface area contributed by atoms with E-state index in [0.717, 1.165) is 47.5 Å². The third-order valence-corrected chi connectivity index (χ3v) is 7.23. The Morgan fingerprint density at radius 1 is 0.921 bits per heavy atom. The fourth-order valence-electron chi connectivity index (χ4n) is 5.23. The van der Waals surface area contributed by atoms with Gasteiger partial charge in [0.1, 0.15) is 11.5 Å². The van der Waals surface area contributed by atoms with E-state index in [-0.39, 0.29) is 24.1 Å². The van der Waals surface area contributed by atoms with Gasteiger partial charge in [0, 0.05) is 19.0 Å². The molecule has 6 heteroatoms. The molecule has 1 amide bonds. The van der Waals surface area contributed by atoms with Crippen LogP contribution in [0.15, 0.2) is 91.0 Å². The van der Waals surface area contributed by atoms with Crippen LogP contribution in [0.4, 0.5) is 0 Å². The number of fused-ring (bicyclic) bond motifs is 5. The number of para-hydroxylation sites is 1. The maximum Gasteiger partial charge on any atom is 0.220 e. The Hall–Kier alpha value is -3.45. The number of aliphatic hydroxyl groups is 1. The molecular formula is C32H36N2O4. The molecule has 3 N–H and O–H groups in total. The quantitative estimate of drug-likeness (QED) is 0.408. The van der Waals surface area contributed by atoms with Crippen molar-refractivity contribution >= 4 is 5.91 Å². The van der Waals surface area contributed by atoms with E-state index in [1.54, 1.807) is 0 Å². The van der Waals surface area contributed by atoms with Gasteiger partial charge in [-0.3, -0.25) is 4.79 Å². The van der Waals surface area contributed by atoms with Gasteiger partial charge in [0.15, 0.2) is 0 Å². The van der Waals surface area contributed by atoms with Gasteiger partial charge < -0.3 is 25.2 Å². The van der Waals surface area contributed by atoms with Crippen LogP contribution in [-0.2, 0) is 16.0 Å². The fraction of sp³-hybridized carbons (Fsp3) is 0.344. The number of ether oxygens (including phenoxy) is 2.